The molecule has 6 atom stereocenters. The summed E-state index contributed by atoms with van der Waals surface area (Å²) in [4.78, 5) is 14.4. The van der Waals surface area contributed by atoms with Crippen molar-refractivity contribution in [3.63, 3.8) is 0 Å². The van der Waals surface area contributed by atoms with Crippen LogP contribution < -0.4 is 0 Å². The van der Waals surface area contributed by atoms with Crippen molar-refractivity contribution in [3.05, 3.63) is 11.6 Å². The van der Waals surface area contributed by atoms with Crippen LogP contribution in [0.4, 0.5) is 4.79 Å². The Morgan fingerprint density at radius 1 is 1.30 bits per heavy atom. The van der Waals surface area contributed by atoms with Crippen LogP contribution in [0, 0.1) is 5.92 Å². The third-order valence-electron chi connectivity index (χ3n) is 6.85. The summed E-state index contributed by atoms with van der Waals surface area (Å²) in [5, 5.41) is 0. The summed E-state index contributed by atoms with van der Waals surface area (Å²) in [5.74, 6) is 0.0793. The molecule has 4 aliphatic rings. The van der Waals surface area contributed by atoms with E-state index in [1.807, 2.05) is 4.90 Å². The number of amides is 1. The summed E-state index contributed by atoms with van der Waals surface area (Å²) in [5.41, 5.74) is 0.836. The maximum Gasteiger partial charge on any atom is 0.410 e. The Kier molecular flexibility index (Phi) is 5.02. The first-order chi connectivity index (χ1) is 12.9. The topological polar surface area (TPSA) is 63.8 Å². The van der Waals surface area contributed by atoms with Gasteiger partial charge in [0.2, 0.25) is 0 Å². The van der Waals surface area contributed by atoms with E-state index in [0.717, 1.165) is 51.8 Å². The van der Waals surface area contributed by atoms with Crippen molar-refractivity contribution < 1.29 is 23.7 Å². The summed E-state index contributed by atoms with van der Waals surface area (Å²) in [6.45, 7) is 8.73. The molecular formula is C21H33NO5. The lowest BCUT2D eigenvalue weighted by atomic mass is 9.68. The van der Waals surface area contributed by atoms with Gasteiger partial charge in [0, 0.05) is 20.2 Å². The molecule has 27 heavy (non-hydrogen) atoms. The minimum absolute atomic E-state index is 0.0793. The highest BCUT2D eigenvalue weighted by Gasteiger charge is 2.72. The van der Waals surface area contributed by atoms with E-state index in [2.05, 4.69) is 26.8 Å². The maximum absolute atomic E-state index is 12.5. The normalized spacial score (nSPS) is 42.9. The number of hydrogen-bond donors (Lipinski definition) is 0. The smallest absolute Gasteiger partial charge is 0.410 e. The molecule has 1 amide bonds. The number of rotatable bonds is 5. The van der Waals surface area contributed by atoms with Crippen molar-refractivity contribution in [1.82, 2.24) is 4.90 Å². The molecule has 3 saturated heterocycles. The number of allylic oxidation sites excluding steroid dienone is 1. The second-order valence-electron chi connectivity index (χ2n) is 8.99. The van der Waals surface area contributed by atoms with Gasteiger partial charge in [-0.2, -0.15) is 0 Å². The number of carbonyl (C=O) groups excluding carboxylic acids is 1. The highest BCUT2D eigenvalue weighted by atomic mass is 16.6. The standard InChI is InChI=1S/C21H33NO5/c1-14(2)7-8-16-20(3,27-16)18-17(24-4)15(9-10-21(18)13-25-21)26-19(23)22-11-5-6-12-22/h7,15-18H,5-6,8-13H2,1-4H3/t15-,16-,17-,18-,20+,21?/m1/s1. The molecule has 6 nitrogen and oxygen atoms in total. The third kappa shape index (κ3) is 3.52. The quantitative estimate of drug-likeness (QED) is 0.542. The molecule has 0 aromatic rings. The van der Waals surface area contributed by atoms with Gasteiger partial charge in [0.15, 0.2) is 0 Å². The molecule has 6 heteroatoms. The Morgan fingerprint density at radius 3 is 2.59 bits per heavy atom. The van der Waals surface area contributed by atoms with Crippen molar-refractivity contribution in [1.29, 1.82) is 0 Å². The fraction of sp³-hybridized carbons (Fsp3) is 0.857. The largest absolute Gasteiger partial charge is 0.443 e. The molecule has 152 valence electrons. The summed E-state index contributed by atoms with van der Waals surface area (Å²) < 4.78 is 24.0. The number of ether oxygens (including phenoxy) is 4. The Balaban J connectivity index is 1.49. The van der Waals surface area contributed by atoms with Crippen LogP contribution >= 0.6 is 0 Å². The fourth-order valence-corrected chi connectivity index (χ4v) is 5.17. The van der Waals surface area contributed by atoms with Gasteiger partial charge in [-0.05, 0) is 52.9 Å². The highest BCUT2D eigenvalue weighted by Crippen LogP contribution is 2.59. The number of nitrogens with zero attached hydrogens (tertiary/aromatic N) is 1. The molecule has 0 aromatic carbocycles. The second kappa shape index (κ2) is 7.05. The highest BCUT2D eigenvalue weighted by molar-refractivity contribution is 5.68. The van der Waals surface area contributed by atoms with Crippen molar-refractivity contribution in [2.24, 2.45) is 5.92 Å². The van der Waals surface area contributed by atoms with Crippen LogP contribution in [0.1, 0.15) is 52.9 Å². The summed E-state index contributed by atoms with van der Waals surface area (Å²) in [7, 11) is 1.71. The fourth-order valence-electron chi connectivity index (χ4n) is 5.17. The van der Waals surface area contributed by atoms with Crippen LogP contribution in [0.15, 0.2) is 11.6 Å². The average Bonchev–Trinajstić information content (AvgIpc) is 3.46. The molecule has 0 aromatic heterocycles. The van der Waals surface area contributed by atoms with Crippen LogP contribution in [0.25, 0.3) is 0 Å². The molecule has 0 N–H and O–H groups in total. The molecule has 4 fully saturated rings. The van der Waals surface area contributed by atoms with Gasteiger partial charge < -0.3 is 23.8 Å². The van der Waals surface area contributed by atoms with Gasteiger partial charge in [-0.15, -0.1) is 0 Å². The SMILES string of the molecule is CO[C@@H]1[C@H](OC(=O)N2CCCC2)CCC2(CO2)[C@H]1[C@@]1(C)O[C@@H]1CC=C(C)C. The number of methoxy groups -OCH3 is 1. The zero-order valence-electron chi connectivity index (χ0n) is 17.0. The Hall–Kier alpha value is -1.11. The second-order valence-corrected chi connectivity index (χ2v) is 8.99. The first-order valence-corrected chi connectivity index (χ1v) is 10.3. The van der Waals surface area contributed by atoms with Crippen molar-refractivity contribution in [3.8, 4) is 0 Å². The minimum atomic E-state index is -0.290. The maximum atomic E-state index is 12.5. The van der Waals surface area contributed by atoms with Crippen LogP contribution in [0.3, 0.4) is 0 Å². The van der Waals surface area contributed by atoms with Crippen LogP contribution in [0.2, 0.25) is 0 Å². The molecule has 3 heterocycles. The Morgan fingerprint density at radius 2 is 2.00 bits per heavy atom. The van der Waals surface area contributed by atoms with E-state index in [1.54, 1.807) is 7.11 Å². The molecule has 3 aliphatic heterocycles. The number of likely N-dealkylation sites (tertiary alicyclic amines) is 1. The van der Waals surface area contributed by atoms with Gasteiger partial charge in [-0.25, -0.2) is 4.79 Å². The lowest BCUT2D eigenvalue weighted by Gasteiger charge is -2.43. The van der Waals surface area contributed by atoms with Crippen molar-refractivity contribution in [2.45, 2.75) is 82.4 Å². The van der Waals surface area contributed by atoms with Gasteiger partial charge in [-0.3, -0.25) is 0 Å². The first kappa shape index (κ1) is 19.2. The van der Waals surface area contributed by atoms with Gasteiger partial charge in [0.05, 0.1) is 18.6 Å². The van der Waals surface area contributed by atoms with Crippen LogP contribution in [-0.4, -0.2) is 67.3 Å². The minimum Gasteiger partial charge on any atom is -0.443 e. The van der Waals surface area contributed by atoms with E-state index in [9.17, 15) is 4.79 Å². The van der Waals surface area contributed by atoms with E-state index in [4.69, 9.17) is 18.9 Å². The number of hydrogen-bond acceptors (Lipinski definition) is 5. The molecular weight excluding hydrogens is 346 g/mol. The van der Waals surface area contributed by atoms with E-state index >= 15 is 0 Å². The average molecular weight is 379 g/mol. The van der Waals surface area contributed by atoms with Gasteiger partial charge in [0.1, 0.15) is 23.4 Å². The molecule has 4 rings (SSSR count). The van der Waals surface area contributed by atoms with E-state index in [-0.39, 0.29) is 41.5 Å². The third-order valence-corrected chi connectivity index (χ3v) is 6.85. The van der Waals surface area contributed by atoms with Gasteiger partial charge in [-0.1, -0.05) is 11.6 Å². The zero-order valence-corrected chi connectivity index (χ0v) is 17.0. The van der Waals surface area contributed by atoms with Crippen molar-refractivity contribution in [2.75, 3.05) is 26.8 Å². The molecule has 1 saturated carbocycles. The Labute approximate surface area is 162 Å². The van der Waals surface area contributed by atoms with Gasteiger partial charge in [0.25, 0.3) is 0 Å². The van der Waals surface area contributed by atoms with Crippen LogP contribution in [-0.2, 0) is 18.9 Å². The molecule has 0 radical (unpaired) electrons. The lowest BCUT2D eigenvalue weighted by Crippen LogP contribution is -2.56. The first-order valence-electron chi connectivity index (χ1n) is 10.3. The van der Waals surface area contributed by atoms with Crippen molar-refractivity contribution >= 4 is 6.09 Å². The monoisotopic (exact) mass is 379 g/mol. The van der Waals surface area contributed by atoms with E-state index < -0.39 is 0 Å². The predicted octanol–water partition coefficient (Wildman–Crippen LogP) is 3.30. The Bertz CT molecular complexity index is 606. The predicted molar refractivity (Wildman–Crippen MR) is 101 cm³/mol. The van der Waals surface area contributed by atoms with Crippen LogP contribution in [0.5, 0.6) is 0 Å². The molecule has 0 bridgehead atoms. The van der Waals surface area contributed by atoms with E-state index in [1.165, 1.54) is 5.57 Å². The summed E-state index contributed by atoms with van der Waals surface area (Å²) in [6.07, 6.45) is 6.45. The molecule has 1 unspecified atom stereocenters. The summed E-state index contributed by atoms with van der Waals surface area (Å²) in [6, 6.07) is 0. The molecule has 1 spiro atoms. The van der Waals surface area contributed by atoms with Gasteiger partial charge >= 0.3 is 6.09 Å². The molecule has 1 aliphatic carbocycles. The zero-order chi connectivity index (χ0) is 19.2. The van der Waals surface area contributed by atoms with E-state index in [0.29, 0.717) is 0 Å². The number of carbonyl (C=O) groups is 1. The number of epoxide rings is 2. The summed E-state index contributed by atoms with van der Waals surface area (Å²) >= 11 is 0. The lowest BCUT2D eigenvalue weighted by molar-refractivity contribution is -0.121.